The second-order valence-corrected chi connectivity index (χ2v) is 9.38. The highest BCUT2D eigenvalue weighted by Gasteiger charge is 2.31. The number of alkyl halides is 3. The van der Waals surface area contributed by atoms with Gasteiger partial charge in [0.25, 0.3) is 5.91 Å². The Hall–Kier alpha value is -3.90. The monoisotopic (exact) mass is 530 g/mol. The van der Waals surface area contributed by atoms with Gasteiger partial charge in [0.15, 0.2) is 4.34 Å². The number of rotatable bonds is 8. The van der Waals surface area contributed by atoms with E-state index in [4.69, 9.17) is 0 Å². The maximum atomic E-state index is 12.5. The predicted octanol–water partition coefficient (Wildman–Crippen LogP) is 6.09. The smallest absolute Gasteiger partial charge is 0.406 e. The van der Waals surface area contributed by atoms with E-state index in [9.17, 15) is 22.8 Å². The predicted molar refractivity (Wildman–Crippen MR) is 132 cm³/mol. The summed E-state index contributed by atoms with van der Waals surface area (Å²) in [5.74, 6) is -1.11. The van der Waals surface area contributed by atoms with Crippen LogP contribution >= 0.6 is 23.1 Å². The number of thioether (sulfide) groups is 1. The zero-order chi connectivity index (χ0) is 25.5. The van der Waals surface area contributed by atoms with Crippen LogP contribution in [-0.4, -0.2) is 34.1 Å². The molecule has 0 bridgehead atoms. The lowest BCUT2D eigenvalue weighted by molar-refractivity contribution is -0.274. The van der Waals surface area contributed by atoms with Gasteiger partial charge >= 0.3 is 6.36 Å². The van der Waals surface area contributed by atoms with Gasteiger partial charge in [-0.05, 0) is 47.5 Å². The largest absolute Gasteiger partial charge is 0.573 e. The third-order valence-corrected chi connectivity index (χ3v) is 6.55. The summed E-state index contributed by atoms with van der Waals surface area (Å²) in [5, 5.41) is 13.4. The van der Waals surface area contributed by atoms with E-state index in [-0.39, 0.29) is 28.4 Å². The first kappa shape index (κ1) is 25.2. The minimum atomic E-state index is -4.78. The van der Waals surface area contributed by atoms with E-state index in [2.05, 4.69) is 25.6 Å². The number of aromatic nitrogens is 2. The van der Waals surface area contributed by atoms with Crippen molar-refractivity contribution in [2.75, 3.05) is 16.4 Å². The molecule has 0 atom stereocenters. The molecule has 3 aromatic carbocycles. The fraction of sp³-hybridized carbons (Fsp3) is 0.0833. The molecule has 1 heterocycles. The number of halogens is 3. The van der Waals surface area contributed by atoms with Crippen molar-refractivity contribution < 1.29 is 27.5 Å². The summed E-state index contributed by atoms with van der Waals surface area (Å²) in [6.07, 6.45) is -4.78. The molecule has 0 aliphatic carbocycles. The number of nitrogens with one attached hydrogen (secondary N) is 2. The maximum Gasteiger partial charge on any atom is 0.573 e. The van der Waals surface area contributed by atoms with E-state index in [0.29, 0.717) is 15.6 Å². The van der Waals surface area contributed by atoms with E-state index in [1.54, 1.807) is 12.1 Å². The van der Waals surface area contributed by atoms with Gasteiger partial charge in [-0.3, -0.25) is 14.9 Å². The molecule has 0 radical (unpaired) electrons. The quantitative estimate of drug-likeness (QED) is 0.212. The van der Waals surface area contributed by atoms with Crippen LogP contribution in [0.4, 0.5) is 24.0 Å². The lowest BCUT2D eigenvalue weighted by Gasteiger charge is -2.09. The van der Waals surface area contributed by atoms with Gasteiger partial charge in [-0.15, -0.1) is 23.4 Å². The molecular formula is C24H17F3N4O3S2. The third-order valence-electron chi connectivity index (χ3n) is 4.58. The number of carbonyl (C=O) groups excluding carboxylic acids is 2. The van der Waals surface area contributed by atoms with E-state index >= 15 is 0 Å². The highest BCUT2D eigenvalue weighted by molar-refractivity contribution is 8.01. The summed E-state index contributed by atoms with van der Waals surface area (Å²) in [6, 6.07) is 21.8. The number of nitrogens with zero attached hydrogens (tertiary/aromatic N) is 2. The molecular weight excluding hydrogens is 513 g/mol. The van der Waals surface area contributed by atoms with Gasteiger partial charge in [-0.1, -0.05) is 65.6 Å². The Kier molecular flexibility index (Phi) is 7.86. The summed E-state index contributed by atoms with van der Waals surface area (Å²) in [6.45, 7) is 0. The van der Waals surface area contributed by atoms with Gasteiger partial charge in [0.2, 0.25) is 11.0 Å². The summed E-state index contributed by atoms with van der Waals surface area (Å²) < 4.78 is 40.9. The summed E-state index contributed by atoms with van der Waals surface area (Å²) in [7, 11) is 0. The Bertz CT molecular complexity index is 1330. The Morgan fingerprint density at radius 2 is 1.53 bits per heavy atom. The zero-order valence-corrected chi connectivity index (χ0v) is 19.9. The van der Waals surface area contributed by atoms with Crippen LogP contribution in [0.2, 0.25) is 0 Å². The molecule has 2 N–H and O–H groups in total. The van der Waals surface area contributed by atoms with Crippen molar-refractivity contribution in [3.05, 3.63) is 84.4 Å². The minimum Gasteiger partial charge on any atom is -0.406 e. The highest BCUT2D eigenvalue weighted by atomic mass is 32.2. The molecule has 4 rings (SSSR count). The maximum absolute atomic E-state index is 12.5. The molecule has 1 aromatic heterocycles. The summed E-state index contributed by atoms with van der Waals surface area (Å²) in [5.41, 5.74) is 2.82. The molecule has 36 heavy (non-hydrogen) atoms. The first-order chi connectivity index (χ1) is 17.2. The average Bonchev–Trinajstić information content (AvgIpc) is 3.31. The number of ether oxygens (including phenoxy) is 1. The summed E-state index contributed by atoms with van der Waals surface area (Å²) in [4.78, 5) is 24.7. The average molecular weight is 531 g/mol. The van der Waals surface area contributed by atoms with Gasteiger partial charge in [0.1, 0.15) is 5.75 Å². The Labute approximate surface area is 211 Å². The van der Waals surface area contributed by atoms with Crippen molar-refractivity contribution in [3.8, 4) is 16.9 Å². The molecule has 12 heteroatoms. The fourth-order valence-electron chi connectivity index (χ4n) is 3.00. The van der Waals surface area contributed by atoms with Crippen LogP contribution in [0.3, 0.4) is 0 Å². The topological polar surface area (TPSA) is 93.2 Å². The van der Waals surface area contributed by atoms with Crippen molar-refractivity contribution in [3.63, 3.8) is 0 Å². The fourth-order valence-corrected chi connectivity index (χ4v) is 4.54. The van der Waals surface area contributed by atoms with Crippen LogP contribution in [0.25, 0.3) is 11.1 Å². The van der Waals surface area contributed by atoms with E-state index in [1.807, 2.05) is 42.5 Å². The highest BCUT2D eigenvalue weighted by Crippen LogP contribution is 2.27. The molecule has 2 amide bonds. The van der Waals surface area contributed by atoms with E-state index in [1.165, 1.54) is 12.1 Å². The molecule has 0 aliphatic rings. The SMILES string of the molecule is O=C(CSc1nnc(NC(=O)c2ccc(-c3ccccc3)cc2)s1)Nc1ccc(OC(F)(F)F)cc1. The summed E-state index contributed by atoms with van der Waals surface area (Å²) >= 11 is 2.23. The molecule has 0 aliphatic heterocycles. The number of hydrogen-bond donors (Lipinski definition) is 2. The van der Waals surface area contributed by atoms with Gasteiger partial charge in [-0.25, -0.2) is 0 Å². The van der Waals surface area contributed by atoms with Crippen LogP contribution in [-0.2, 0) is 4.79 Å². The second-order valence-electron chi connectivity index (χ2n) is 7.18. The Morgan fingerprint density at radius 3 is 2.19 bits per heavy atom. The van der Waals surface area contributed by atoms with Crippen LogP contribution in [0.15, 0.2) is 83.2 Å². The number of anilines is 2. The van der Waals surface area contributed by atoms with Crippen LogP contribution < -0.4 is 15.4 Å². The molecule has 0 saturated carbocycles. The van der Waals surface area contributed by atoms with Crippen molar-refractivity contribution >= 4 is 45.7 Å². The Balaban J connectivity index is 1.25. The molecule has 0 unspecified atom stereocenters. The zero-order valence-electron chi connectivity index (χ0n) is 18.3. The van der Waals surface area contributed by atoms with Gasteiger partial charge in [-0.2, -0.15) is 0 Å². The van der Waals surface area contributed by atoms with Gasteiger partial charge in [0.05, 0.1) is 5.75 Å². The molecule has 4 aromatic rings. The number of hydrogen-bond acceptors (Lipinski definition) is 7. The Morgan fingerprint density at radius 1 is 0.861 bits per heavy atom. The first-order valence-electron chi connectivity index (χ1n) is 10.3. The lowest BCUT2D eigenvalue weighted by atomic mass is 10.0. The van der Waals surface area contributed by atoms with Gasteiger partial charge in [0, 0.05) is 11.3 Å². The van der Waals surface area contributed by atoms with Gasteiger partial charge < -0.3 is 10.1 Å². The lowest BCUT2D eigenvalue weighted by Crippen LogP contribution is -2.17. The number of carbonyl (C=O) groups is 2. The van der Waals surface area contributed by atoms with E-state index < -0.39 is 6.36 Å². The molecule has 0 spiro atoms. The molecule has 7 nitrogen and oxygen atoms in total. The van der Waals surface area contributed by atoms with Crippen LogP contribution in [0.1, 0.15) is 10.4 Å². The van der Waals surface area contributed by atoms with Crippen molar-refractivity contribution in [2.24, 2.45) is 0 Å². The first-order valence-corrected chi connectivity index (χ1v) is 12.1. The normalized spacial score (nSPS) is 11.1. The van der Waals surface area contributed by atoms with E-state index in [0.717, 1.165) is 46.4 Å². The molecule has 0 saturated heterocycles. The molecule has 0 fully saturated rings. The number of benzene rings is 3. The van der Waals surface area contributed by atoms with Crippen molar-refractivity contribution in [1.29, 1.82) is 0 Å². The van der Waals surface area contributed by atoms with Crippen molar-refractivity contribution in [2.45, 2.75) is 10.7 Å². The van der Waals surface area contributed by atoms with Crippen molar-refractivity contribution in [1.82, 2.24) is 10.2 Å². The molecule has 184 valence electrons. The standard InChI is InChI=1S/C24H17F3N4O3S2/c25-24(26,27)34-19-12-10-18(11-13-19)28-20(32)14-35-23-31-30-22(36-23)29-21(33)17-8-6-16(7-9-17)15-4-2-1-3-5-15/h1-13H,14H2,(H,28,32)(H,29,30,33). The second kappa shape index (κ2) is 11.2. The minimum absolute atomic E-state index is 0.00959. The van der Waals surface area contributed by atoms with Crippen LogP contribution in [0.5, 0.6) is 5.75 Å². The number of amides is 2. The van der Waals surface area contributed by atoms with Crippen LogP contribution in [0, 0.1) is 0 Å². The third kappa shape index (κ3) is 7.30.